The number of carboxylic acids is 1. The van der Waals surface area contributed by atoms with Gasteiger partial charge in [0.25, 0.3) is 0 Å². The van der Waals surface area contributed by atoms with Crippen LogP contribution >= 0.6 is 0 Å². The van der Waals surface area contributed by atoms with Gasteiger partial charge in [-0.05, 0) is 38.7 Å². The molecule has 3 N–H and O–H groups in total. The van der Waals surface area contributed by atoms with Crippen molar-refractivity contribution in [3.05, 3.63) is 29.3 Å². The molecule has 0 bridgehead atoms. The minimum absolute atomic E-state index is 0.574. The molecule has 0 aliphatic heterocycles. The Morgan fingerprint density at radius 1 is 1.50 bits per heavy atom. The quantitative estimate of drug-likeness (QED) is 0.796. The maximum atomic E-state index is 10.9. The number of hydrogen-bond acceptors (Lipinski definition) is 4. The fraction of sp³-hybridized carbons (Fsp3) is 0.462. The molecule has 1 aromatic rings. The molecule has 1 aromatic carbocycles. The molecule has 5 nitrogen and oxygen atoms in total. The van der Waals surface area contributed by atoms with E-state index < -0.39 is 12.0 Å². The van der Waals surface area contributed by atoms with Gasteiger partial charge in [-0.1, -0.05) is 6.07 Å². The van der Waals surface area contributed by atoms with Crippen molar-refractivity contribution in [2.75, 3.05) is 20.7 Å². The van der Waals surface area contributed by atoms with Crippen LogP contribution < -0.4 is 10.5 Å². The molecule has 0 amide bonds. The van der Waals surface area contributed by atoms with Gasteiger partial charge in [-0.2, -0.15) is 0 Å². The van der Waals surface area contributed by atoms with Crippen LogP contribution in [-0.2, 0) is 11.3 Å². The number of nitrogens with two attached hydrogens (primary N) is 1. The van der Waals surface area contributed by atoms with Gasteiger partial charge in [-0.3, -0.25) is 4.79 Å². The van der Waals surface area contributed by atoms with E-state index in [0.717, 1.165) is 11.3 Å². The average molecular weight is 252 g/mol. The van der Waals surface area contributed by atoms with Gasteiger partial charge < -0.3 is 20.5 Å². The Kier molecular flexibility index (Phi) is 5.12. The average Bonchev–Trinajstić information content (AvgIpc) is 2.30. The summed E-state index contributed by atoms with van der Waals surface area (Å²) in [4.78, 5) is 12.9. The van der Waals surface area contributed by atoms with Crippen molar-refractivity contribution in [2.45, 2.75) is 19.5 Å². The first-order chi connectivity index (χ1) is 8.45. The summed E-state index contributed by atoms with van der Waals surface area (Å²) < 4.78 is 5.52. The molecule has 0 unspecified atom stereocenters. The number of ether oxygens (including phenoxy) is 1. The van der Waals surface area contributed by atoms with Gasteiger partial charge in [0.2, 0.25) is 0 Å². The summed E-state index contributed by atoms with van der Waals surface area (Å²) in [6.07, 6.45) is 0. The molecule has 0 aliphatic carbocycles. The molecule has 0 radical (unpaired) electrons. The molecule has 1 rings (SSSR count). The van der Waals surface area contributed by atoms with E-state index in [1.165, 1.54) is 0 Å². The predicted octanol–water partition coefficient (Wildman–Crippen LogP) is 1.23. The van der Waals surface area contributed by atoms with E-state index in [4.69, 9.17) is 15.6 Å². The summed E-state index contributed by atoms with van der Waals surface area (Å²) in [5.41, 5.74) is 7.13. The summed E-state index contributed by atoms with van der Waals surface area (Å²) in [5.74, 6) is -0.262. The molecule has 0 aromatic heterocycles. The minimum atomic E-state index is -1.03. The number of aliphatic carboxylic acids is 1. The van der Waals surface area contributed by atoms with Crippen molar-refractivity contribution in [3.63, 3.8) is 0 Å². The van der Waals surface area contributed by atoms with Crippen LogP contribution in [0.2, 0.25) is 0 Å². The lowest BCUT2D eigenvalue weighted by Gasteiger charge is -2.17. The van der Waals surface area contributed by atoms with Crippen molar-refractivity contribution in [1.29, 1.82) is 0 Å². The Morgan fingerprint density at radius 3 is 2.67 bits per heavy atom. The third-order valence-electron chi connectivity index (χ3n) is 2.50. The van der Waals surface area contributed by atoms with Crippen LogP contribution in [0.5, 0.6) is 5.75 Å². The zero-order chi connectivity index (χ0) is 13.7. The number of carboxylic acid groups (broad SMARTS) is 1. The monoisotopic (exact) mass is 252 g/mol. The summed E-state index contributed by atoms with van der Waals surface area (Å²) in [7, 11) is 3.89. The first kappa shape index (κ1) is 14.5. The van der Waals surface area contributed by atoms with Crippen LogP contribution in [0.3, 0.4) is 0 Å². The lowest BCUT2D eigenvalue weighted by atomic mass is 10.0. The minimum Gasteiger partial charge on any atom is -0.494 e. The van der Waals surface area contributed by atoms with Crippen LogP contribution in [0.1, 0.15) is 24.1 Å². The largest absolute Gasteiger partial charge is 0.494 e. The second-order valence-corrected chi connectivity index (χ2v) is 4.35. The highest BCUT2D eigenvalue weighted by Crippen LogP contribution is 2.24. The highest BCUT2D eigenvalue weighted by Gasteiger charge is 2.16. The highest BCUT2D eigenvalue weighted by atomic mass is 16.5. The first-order valence-electron chi connectivity index (χ1n) is 5.84. The SMILES string of the molecule is CCOc1ccc([C@H](N)C(=O)O)cc1CN(C)C. The van der Waals surface area contributed by atoms with E-state index in [1.807, 2.05) is 25.9 Å². The van der Waals surface area contributed by atoms with Gasteiger partial charge >= 0.3 is 5.97 Å². The molecule has 100 valence electrons. The molecule has 0 spiro atoms. The van der Waals surface area contributed by atoms with Crippen molar-refractivity contribution in [3.8, 4) is 5.75 Å². The topological polar surface area (TPSA) is 75.8 Å². The number of benzene rings is 1. The lowest BCUT2D eigenvalue weighted by Crippen LogP contribution is -2.21. The fourth-order valence-corrected chi connectivity index (χ4v) is 1.70. The van der Waals surface area contributed by atoms with E-state index in [1.54, 1.807) is 18.2 Å². The van der Waals surface area contributed by atoms with E-state index in [-0.39, 0.29) is 0 Å². The summed E-state index contributed by atoms with van der Waals surface area (Å²) >= 11 is 0. The summed E-state index contributed by atoms with van der Waals surface area (Å²) in [6, 6.07) is 4.27. The molecule has 18 heavy (non-hydrogen) atoms. The normalized spacial score (nSPS) is 12.5. The zero-order valence-corrected chi connectivity index (χ0v) is 11.0. The van der Waals surface area contributed by atoms with Gasteiger partial charge in [0, 0.05) is 12.1 Å². The van der Waals surface area contributed by atoms with E-state index >= 15 is 0 Å². The Labute approximate surface area is 107 Å². The third kappa shape index (κ3) is 3.72. The van der Waals surface area contributed by atoms with Crippen LogP contribution in [0.25, 0.3) is 0 Å². The van der Waals surface area contributed by atoms with Crippen molar-refractivity contribution in [1.82, 2.24) is 4.90 Å². The second kappa shape index (κ2) is 6.37. The van der Waals surface area contributed by atoms with E-state index in [2.05, 4.69) is 0 Å². The Balaban J connectivity index is 3.07. The van der Waals surface area contributed by atoms with Gasteiger partial charge in [-0.15, -0.1) is 0 Å². The molecular formula is C13H20N2O3. The highest BCUT2D eigenvalue weighted by molar-refractivity contribution is 5.75. The van der Waals surface area contributed by atoms with Crippen molar-refractivity contribution in [2.24, 2.45) is 5.73 Å². The number of hydrogen-bond donors (Lipinski definition) is 2. The standard InChI is InChI=1S/C13H20N2O3/c1-4-18-11-6-5-9(12(14)13(16)17)7-10(11)8-15(2)3/h5-7,12H,4,8,14H2,1-3H3,(H,16,17)/t12-/m0/s1. The number of carbonyl (C=O) groups is 1. The predicted molar refractivity (Wildman–Crippen MR) is 69.6 cm³/mol. The van der Waals surface area contributed by atoms with Crippen molar-refractivity contribution < 1.29 is 14.6 Å². The Hall–Kier alpha value is -1.59. The molecule has 0 saturated carbocycles. The molecule has 0 heterocycles. The number of rotatable bonds is 6. The van der Waals surface area contributed by atoms with Gasteiger partial charge in [-0.25, -0.2) is 0 Å². The van der Waals surface area contributed by atoms with Crippen LogP contribution in [0.15, 0.2) is 18.2 Å². The van der Waals surface area contributed by atoms with Crippen molar-refractivity contribution >= 4 is 5.97 Å². The molecule has 1 atom stereocenters. The maximum Gasteiger partial charge on any atom is 0.325 e. The third-order valence-corrected chi connectivity index (χ3v) is 2.50. The smallest absolute Gasteiger partial charge is 0.325 e. The zero-order valence-electron chi connectivity index (χ0n) is 11.0. The summed E-state index contributed by atoms with van der Waals surface area (Å²) in [6.45, 7) is 3.16. The van der Waals surface area contributed by atoms with Crippen LogP contribution in [-0.4, -0.2) is 36.7 Å². The van der Waals surface area contributed by atoms with Gasteiger partial charge in [0.15, 0.2) is 0 Å². The van der Waals surface area contributed by atoms with Crippen LogP contribution in [0, 0.1) is 0 Å². The number of nitrogens with zero attached hydrogens (tertiary/aromatic N) is 1. The van der Waals surface area contributed by atoms with E-state index in [9.17, 15) is 4.79 Å². The van der Waals surface area contributed by atoms with Crippen LogP contribution in [0.4, 0.5) is 0 Å². The molecule has 0 saturated heterocycles. The van der Waals surface area contributed by atoms with E-state index in [0.29, 0.717) is 18.7 Å². The molecule has 0 aliphatic rings. The maximum absolute atomic E-state index is 10.9. The molecule has 0 fully saturated rings. The molecule has 5 heteroatoms. The van der Waals surface area contributed by atoms with Gasteiger partial charge in [0.05, 0.1) is 6.61 Å². The Bertz CT molecular complexity index is 419. The lowest BCUT2D eigenvalue weighted by molar-refractivity contribution is -0.138. The molecular weight excluding hydrogens is 232 g/mol. The second-order valence-electron chi connectivity index (χ2n) is 4.35. The van der Waals surface area contributed by atoms with Gasteiger partial charge in [0.1, 0.15) is 11.8 Å². The summed E-state index contributed by atoms with van der Waals surface area (Å²) in [5, 5.41) is 8.91. The fourth-order valence-electron chi connectivity index (χ4n) is 1.70. The first-order valence-corrected chi connectivity index (χ1v) is 5.84. The Morgan fingerprint density at radius 2 is 2.17 bits per heavy atom.